The van der Waals surface area contributed by atoms with Crippen molar-refractivity contribution in [3.05, 3.63) is 72.1 Å². The highest BCUT2D eigenvalue weighted by molar-refractivity contribution is 5.92. The van der Waals surface area contributed by atoms with Gasteiger partial charge in [0.2, 0.25) is 0 Å². The lowest BCUT2D eigenvalue weighted by Crippen LogP contribution is -2.14. The van der Waals surface area contributed by atoms with Crippen molar-refractivity contribution in [2.24, 2.45) is 5.10 Å². The maximum absolute atomic E-state index is 11.5. The first-order chi connectivity index (χ1) is 9.34. The molecule has 0 aliphatic carbocycles. The van der Waals surface area contributed by atoms with E-state index in [-0.39, 0.29) is 5.91 Å². The molecule has 0 radical (unpaired) electrons. The number of hydrogen-bond donors (Lipinski definition) is 1. The van der Waals surface area contributed by atoms with E-state index < -0.39 is 0 Å². The lowest BCUT2D eigenvalue weighted by Gasteiger charge is -1.94. The number of rotatable bonds is 4. The zero-order chi connectivity index (χ0) is 13.3. The Hall–Kier alpha value is -2.75. The van der Waals surface area contributed by atoms with E-state index in [0.29, 0.717) is 0 Å². The fourth-order valence-electron chi connectivity index (χ4n) is 1.39. The van der Waals surface area contributed by atoms with Crippen molar-refractivity contribution in [3.63, 3.8) is 0 Å². The molecule has 1 amide bonds. The van der Waals surface area contributed by atoms with E-state index in [0.717, 1.165) is 11.1 Å². The summed E-state index contributed by atoms with van der Waals surface area (Å²) in [5, 5.41) is 3.85. The molecule has 1 aromatic carbocycles. The number of amides is 1. The minimum atomic E-state index is -0.269. The number of carbonyl (C=O) groups is 1. The third kappa shape index (κ3) is 4.55. The molecule has 0 spiro atoms. The number of aromatic nitrogens is 1. The normalized spacial score (nSPS) is 10.9. The Bertz CT molecular complexity index is 577. The third-order valence-electron chi connectivity index (χ3n) is 2.32. The number of pyridine rings is 1. The summed E-state index contributed by atoms with van der Waals surface area (Å²) in [5.74, 6) is -0.269. The summed E-state index contributed by atoms with van der Waals surface area (Å²) in [5.41, 5.74) is 4.27. The Morgan fingerprint density at radius 2 is 1.79 bits per heavy atom. The number of nitrogens with zero attached hydrogens (tertiary/aromatic N) is 2. The van der Waals surface area contributed by atoms with Gasteiger partial charge in [-0.1, -0.05) is 30.3 Å². The van der Waals surface area contributed by atoms with E-state index in [1.165, 1.54) is 6.08 Å². The maximum atomic E-state index is 11.5. The summed E-state index contributed by atoms with van der Waals surface area (Å²) in [6.45, 7) is 0. The summed E-state index contributed by atoms with van der Waals surface area (Å²) in [6, 6.07) is 13.2. The maximum Gasteiger partial charge on any atom is 0.264 e. The first-order valence-electron chi connectivity index (χ1n) is 5.81. The van der Waals surface area contributed by atoms with Crippen LogP contribution in [0, 0.1) is 0 Å². The quantitative estimate of drug-likeness (QED) is 0.514. The molecule has 4 heteroatoms. The van der Waals surface area contributed by atoms with Crippen LogP contribution in [0.5, 0.6) is 0 Å². The van der Waals surface area contributed by atoms with Gasteiger partial charge in [0, 0.05) is 18.5 Å². The van der Waals surface area contributed by atoms with Crippen LogP contribution in [0.1, 0.15) is 11.1 Å². The summed E-state index contributed by atoms with van der Waals surface area (Å²) in [6.07, 6.45) is 8.07. The van der Waals surface area contributed by atoms with Gasteiger partial charge >= 0.3 is 0 Å². The highest BCUT2D eigenvalue weighted by atomic mass is 16.2. The summed E-state index contributed by atoms with van der Waals surface area (Å²) >= 11 is 0. The van der Waals surface area contributed by atoms with Crippen molar-refractivity contribution >= 4 is 18.2 Å². The Morgan fingerprint density at radius 1 is 1.05 bits per heavy atom. The second-order valence-corrected chi connectivity index (χ2v) is 3.76. The molecule has 0 fully saturated rings. The molecule has 0 atom stereocenters. The molecule has 2 rings (SSSR count). The zero-order valence-corrected chi connectivity index (χ0v) is 10.2. The van der Waals surface area contributed by atoms with Crippen LogP contribution in [0.2, 0.25) is 0 Å². The Balaban J connectivity index is 1.85. The molecular weight excluding hydrogens is 238 g/mol. The minimum absolute atomic E-state index is 0.269. The second-order valence-electron chi connectivity index (χ2n) is 3.76. The van der Waals surface area contributed by atoms with Crippen LogP contribution in [0.25, 0.3) is 6.08 Å². The number of benzene rings is 1. The number of nitrogens with one attached hydrogen (secondary N) is 1. The number of carbonyl (C=O) groups excluding carboxylic acids is 1. The molecule has 0 saturated carbocycles. The Morgan fingerprint density at radius 3 is 2.53 bits per heavy atom. The smallest absolute Gasteiger partial charge is 0.264 e. The van der Waals surface area contributed by atoms with E-state index in [1.54, 1.807) is 36.8 Å². The van der Waals surface area contributed by atoms with E-state index >= 15 is 0 Å². The molecule has 4 nitrogen and oxygen atoms in total. The van der Waals surface area contributed by atoms with Gasteiger partial charge in [-0.3, -0.25) is 9.78 Å². The predicted molar refractivity (Wildman–Crippen MR) is 75.4 cm³/mol. The van der Waals surface area contributed by atoms with Crippen molar-refractivity contribution in [2.75, 3.05) is 0 Å². The van der Waals surface area contributed by atoms with Crippen molar-refractivity contribution < 1.29 is 4.79 Å². The van der Waals surface area contributed by atoms with Crippen LogP contribution >= 0.6 is 0 Å². The molecule has 0 saturated heterocycles. The molecule has 94 valence electrons. The van der Waals surface area contributed by atoms with Crippen LogP contribution in [0.4, 0.5) is 0 Å². The fourth-order valence-corrected chi connectivity index (χ4v) is 1.39. The summed E-state index contributed by atoms with van der Waals surface area (Å²) < 4.78 is 0. The van der Waals surface area contributed by atoms with Crippen molar-refractivity contribution in [1.29, 1.82) is 0 Å². The molecular formula is C15H13N3O. The predicted octanol–water partition coefficient (Wildman–Crippen LogP) is 2.25. The van der Waals surface area contributed by atoms with Gasteiger partial charge in [0.15, 0.2) is 0 Å². The first kappa shape index (κ1) is 12.7. The summed E-state index contributed by atoms with van der Waals surface area (Å²) in [7, 11) is 0. The Labute approximate surface area is 111 Å². The summed E-state index contributed by atoms with van der Waals surface area (Å²) in [4.78, 5) is 15.4. The van der Waals surface area contributed by atoms with Gasteiger partial charge < -0.3 is 0 Å². The molecule has 19 heavy (non-hydrogen) atoms. The first-order valence-corrected chi connectivity index (χ1v) is 5.81. The SMILES string of the molecule is O=C(/C=C\c1ccccc1)N/N=C/c1ccncc1. The van der Waals surface area contributed by atoms with Crippen LogP contribution in [0.15, 0.2) is 66.0 Å². The molecule has 0 aliphatic rings. The average Bonchev–Trinajstić information content (AvgIpc) is 2.47. The molecule has 1 N–H and O–H groups in total. The monoisotopic (exact) mass is 251 g/mol. The average molecular weight is 251 g/mol. The molecule has 0 unspecified atom stereocenters. The highest BCUT2D eigenvalue weighted by Gasteiger charge is 1.91. The highest BCUT2D eigenvalue weighted by Crippen LogP contribution is 2.00. The van der Waals surface area contributed by atoms with Gasteiger partial charge in [-0.25, -0.2) is 5.43 Å². The van der Waals surface area contributed by atoms with Crippen molar-refractivity contribution in [1.82, 2.24) is 10.4 Å². The van der Waals surface area contributed by atoms with E-state index in [9.17, 15) is 4.79 Å². The van der Waals surface area contributed by atoms with E-state index in [4.69, 9.17) is 0 Å². The van der Waals surface area contributed by atoms with Crippen molar-refractivity contribution in [2.45, 2.75) is 0 Å². The lowest BCUT2D eigenvalue weighted by molar-refractivity contribution is -0.116. The zero-order valence-electron chi connectivity index (χ0n) is 10.2. The topological polar surface area (TPSA) is 54.4 Å². The minimum Gasteiger partial charge on any atom is -0.268 e. The van der Waals surface area contributed by atoms with Crippen LogP contribution < -0.4 is 5.43 Å². The largest absolute Gasteiger partial charge is 0.268 e. The van der Waals surface area contributed by atoms with Crippen molar-refractivity contribution in [3.8, 4) is 0 Å². The van der Waals surface area contributed by atoms with Gasteiger partial charge in [0.25, 0.3) is 5.91 Å². The number of hydrazone groups is 1. The van der Waals surface area contributed by atoms with Crippen LogP contribution in [0.3, 0.4) is 0 Å². The standard InChI is InChI=1S/C15H13N3O/c19-15(7-6-13-4-2-1-3-5-13)18-17-12-14-8-10-16-11-9-14/h1-12H,(H,18,19)/b7-6-,17-12+. The van der Waals surface area contributed by atoms with E-state index in [2.05, 4.69) is 15.5 Å². The molecule has 2 aromatic rings. The Kier molecular flexibility index (Phi) is 4.58. The van der Waals surface area contributed by atoms with E-state index in [1.807, 2.05) is 30.3 Å². The molecule has 0 aliphatic heterocycles. The fraction of sp³-hybridized carbons (Fsp3) is 0. The third-order valence-corrected chi connectivity index (χ3v) is 2.32. The van der Waals surface area contributed by atoms with Gasteiger partial charge in [-0.05, 0) is 29.3 Å². The molecule has 1 aromatic heterocycles. The second kappa shape index (κ2) is 6.86. The van der Waals surface area contributed by atoms with Gasteiger partial charge in [-0.2, -0.15) is 5.10 Å². The van der Waals surface area contributed by atoms with Gasteiger partial charge in [0.1, 0.15) is 0 Å². The lowest BCUT2D eigenvalue weighted by atomic mass is 10.2. The van der Waals surface area contributed by atoms with Crippen LogP contribution in [-0.2, 0) is 4.79 Å². The van der Waals surface area contributed by atoms with Gasteiger partial charge in [-0.15, -0.1) is 0 Å². The molecule has 0 bridgehead atoms. The number of hydrogen-bond acceptors (Lipinski definition) is 3. The van der Waals surface area contributed by atoms with Crippen LogP contribution in [-0.4, -0.2) is 17.1 Å². The molecule has 1 heterocycles. The van der Waals surface area contributed by atoms with Gasteiger partial charge in [0.05, 0.1) is 6.21 Å².